The van der Waals surface area contributed by atoms with Crippen LogP contribution >= 0.6 is 11.6 Å². The minimum Gasteiger partial charge on any atom is -0.447 e. The summed E-state index contributed by atoms with van der Waals surface area (Å²) in [6.07, 6.45) is -0.992. The molecule has 1 aliphatic rings. The van der Waals surface area contributed by atoms with Crippen molar-refractivity contribution in [1.29, 1.82) is 0 Å². The first-order valence-corrected chi connectivity index (χ1v) is 5.40. The third-order valence-corrected chi connectivity index (χ3v) is 2.57. The molecule has 2 rings (SSSR count). The molecule has 1 saturated heterocycles. The third kappa shape index (κ3) is 2.43. The lowest BCUT2D eigenvalue weighted by Crippen LogP contribution is -2.34. The van der Waals surface area contributed by atoms with Crippen LogP contribution in [-0.2, 0) is 4.74 Å². The second kappa shape index (κ2) is 5.05. The number of cyclic esters (lactones) is 1. The van der Waals surface area contributed by atoms with Gasteiger partial charge in [-0.1, -0.05) is 11.6 Å². The van der Waals surface area contributed by atoms with Crippen molar-refractivity contribution >= 4 is 30.1 Å². The summed E-state index contributed by atoms with van der Waals surface area (Å²) < 4.78 is 9.54. The summed E-state index contributed by atoms with van der Waals surface area (Å²) in [7, 11) is 0. The molecule has 94 valence electrons. The van der Waals surface area contributed by atoms with Crippen LogP contribution in [0.4, 0.5) is 9.59 Å². The van der Waals surface area contributed by atoms with E-state index in [1.807, 2.05) is 0 Å². The van der Waals surface area contributed by atoms with Gasteiger partial charge in [0, 0.05) is 5.56 Å². The Kier molecular flexibility index (Phi) is 3.47. The van der Waals surface area contributed by atoms with Gasteiger partial charge in [0.1, 0.15) is 12.9 Å². The van der Waals surface area contributed by atoms with Gasteiger partial charge < -0.3 is 9.47 Å². The molecule has 0 unspecified atom stereocenters. The number of carbonyl (C=O) groups excluding carboxylic acids is 3. The van der Waals surface area contributed by atoms with Gasteiger partial charge in [0.25, 0.3) is 0 Å². The number of halogens is 1. The normalized spacial score (nSPS) is 14.3. The van der Waals surface area contributed by atoms with Crippen LogP contribution in [0.15, 0.2) is 18.2 Å². The van der Waals surface area contributed by atoms with E-state index in [9.17, 15) is 14.4 Å². The largest absolute Gasteiger partial charge is 0.447 e. The molecule has 1 aliphatic heterocycles. The van der Waals surface area contributed by atoms with Gasteiger partial charge in [0.2, 0.25) is 0 Å². The van der Waals surface area contributed by atoms with Crippen molar-refractivity contribution in [3.05, 3.63) is 28.8 Å². The van der Waals surface area contributed by atoms with Crippen molar-refractivity contribution in [3.8, 4) is 5.75 Å². The van der Waals surface area contributed by atoms with Crippen molar-refractivity contribution in [3.63, 3.8) is 0 Å². The van der Waals surface area contributed by atoms with Crippen molar-refractivity contribution < 1.29 is 23.9 Å². The molecule has 1 fully saturated rings. The molecule has 6 nitrogen and oxygen atoms in total. The Morgan fingerprint density at radius 2 is 2.28 bits per heavy atom. The molecule has 0 radical (unpaired) electrons. The number of nitrogens with zero attached hydrogens (tertiary/aromatic N) is 1. The summed E-state index contributed by atoms with van der Waals surface area (Å²) in [5, 5.41) is 0.112. The van der Waals surface area contributed by atoms with Crippen molar-refractivity contribution in [2.45, 2.75) is 0 Å². The molecule has 0 N–H and O–H groups in total. The maximum absolute atomic E-state index is 11.6. The topological polar surface area (TPSA) is 72.9 Å². The van der Waals surface area contributed by atoms with Crippen LogP contribution in [-0.4, -0.2) is 36.5 Å². The highest BCUT2D eigenvalue weighted by molar-refractivity contribution is 6.32. The van der Waals surface area contributed by atoms with Crippen LogP contribution in [0.1, 0.15) is 10.4 Å². The highest BCUT2D eigenvalue weighted by atomic mass is 35.5. The second-order valence-electron chi connectivity index (χ2n) is 3.44. The summed E-state index contributed by atoms with van der Waals surface area (Å²) >= 11 is 5.82. The zero-order valence-electron chi connectivity index (χ0n) is 9.09. The molecule has 0 aliphatic carbocycles. The van der Waals surface area contributed by atoms with Crippen LogP contribution in [0.3, 0.4) is 0 Å². The zero-order valence-corrected chi connectivity index (χ0v) is 9.85. The van der Waals surface area contributed by atoms with Crippen molar-refractivity contribution in [2.24, 2.45) is 0 Å². The summed E-state index contributed by atoms with van der Waals surface area (Å²) in [4.78, 5) is 34.1. The fourth-order valence-electron chi connectivity index (χ4n) is 1.38. The number of hydrogen-bond donors (Lipinski definition) is 0. The van der Waals surface area contributed by atoms with Crippen LogP contribution in [0.5, 0.6) is 5.75 Å². The fourth-order valence-corrected chi connectivity index (χ4v) is 1.61. The molecule has 0 saturated carbocycles. The summed E-state index contributed by atoms with van der Waals surface area (Å²) in [6, 6.07) is 4.19. The van der Waals surface area contributed by atoms with E-state index in [0.29, 0.717) is 11.8 Å². The molecule has 18 heavy (non-hydrogen) atoms. The number of ether oxygens (including phenoxy) is 2. The fraction of sp³-hybridized carbons (Fsp3) is 0.182. The van der Waals surface area contributed by atoms with Gasteiger partial charge in [-0.05, 0) is 18.2 Å². The number of amides is 2. The standard InChI is InChI=1S/C11H8ClNO5/c12-8-5-7(6-14)1-2-9(8)18-11(16)13-3-4-17-10(13)15/h1-2,5-6H,3-4H2. The maximum atomic E-state index is 11.6. The Bertz CT molecular complexity index is 516. The Morgan fingerprint density at radius 1 is 1.50 bits per heavy atom. The van der Waals surface area contributed by atoms with Crippen LogP contribution < -0.4 is 4.74 Å². The Labute approximate surface area is 107 Å². The predicted octanol–water partition coefficient (Wildman–Crippen LogP) is 2.10. The molecule has 0 spiro atoms. The van der Waals surface area contributed by atoms with E-state index in [-0.39, 0.29) is 23.9 Å². The lowest BCUT2D eigenvalue weighted by Gasteiger charge is -2.11. The number of benzene rings is 1. The third-order valence-electron chi connectivity index (χ3n) is 2.27. The maximum Gasteiger partial charge on any atom is 0.424 e. The first-order valence-electron chi connectivity index (χ1n) is 5.02. The van der Waals surface area contributed by atoms with Crippen LogP contribution in [0, 0.1) is 0 Å². The average molecular weight is 270 g/mol. The molecule has 1 aromatic rings. The summed E-state index contributed by atoms with van der Waals surface area (Å²) in [5.41, 5.74) is 0.361. The molecule has 1 heterocycles. The van der Waals surface area contributed by atoms with Gasteiger partial charge in [-0.3, -0.25) is 4.79 Å². The molecule has 0 atom stereocenters. The highest BCUT2D eigenvalue weighted by Gasteiger charge is 2.30. The smallest absolute Gasteiger partial charge is 0.424 e. The first kappa shape index (κ1) is 12.4. The van der Waals surface area contributed by atoms with Crippen LogP contribution in [0.25, 0.3) is 0 Å². The molecule has 0 aromatic heterocycles. The van der Waals surface area contributed by atoms with E-state index in [0.717, 1.165) is 4.90 Å². The highest BCUT2D eigenvalue weighted by Crippen LogP contribution is 2.25. The van der Waals surface area contributed by atoms with Crippen molar-refractivity contribution in [2.75, 3.05) is 13.2 Å². The molecular weight excluding hydrogens is 262 g/mol. The monoisotopic (exact) mass is 269 g/mol. The summed E-state index contributed by atoms with van der Waals surface area (Å²) in [6.45, 7) is 0.285. The van der Waals surface area contributed by atoms with E-state index in [2.05, 4.69) is 4.74 Å². The second-order valence-corrected chi connectivity index (χ2v) is 3.85. The number of rotatable bonds is 2. The Balaban J connectivity index is 2.11. The van der Waals surface area contributed by atoms with E-state index in [1.54, 1.807) is 0 Å². The number of hydrogen-bond acceptors (Lipinski definition) is 5. The van der Waals surface area contributed by atoms with Crippen LogP contribution in [0.2, 0.25) is 5.02 Å². The molecule has 7 heteroatoms. The quantitative estimate of drug-likeness (QED) is 0.769. The van der Waals surface area contributed by atoms with Crippen molar-refractivity contribution in [1.82, 2.24) is 4.90 Å². The average Bonchev–Trinajstić information content (AvgIpc) is 2.78. The lowest BCUT2D eigenvalue weighted by atomic mass is 10.2. The molecule has 2 amide bonds. The molecule has 1 aromatic carbocycles. The minimum atomic E-state index is -0.863. The SMILES string of the molecule is O=Cc1ccc(OC(=O)N2CCOC2=O)c(Cl)c1. The van der Waals surface area contributed by atoms with Gasteiger partial charge in [0.05, 0.1) is 11.6 Å². The van der Waals surface area contributed by atoms with E-state index < -0.39 is 12.2 Å². The Morgan fingerprint density at radius 3 is 2.83 bits per heavy atom. The number of carbonyl (C=O) groups is 3. The predicted molar refractivity (Wildman–Crippen MR) is 60.9 cm³/mol. The van der Waals surface area contributed by atoms with Gasteiger partial charge in [-0.15, -0.1) is 0 Å². The van der Waals surface area contributed by atoms with Gasteiger partial charge >= 0.3 is 12.2 Å². The van der Waals surface area contributed by atoms with Gasteiger partial charge in [-0.25, -0.2) is 14.5 Å². The van der Waals surface area contributed by atoms with Gasteiger partial charge in [0.15, 0.2) is 5.75 Å². The van der Waals surface area contributed by atoms with Gasteiger partial charge in [-0.2, -0.15) is 0 Å². The first-order chi connectivity index (χ1) is 8.61. The minimum absolute atomic E-state index is 0.0759. The molecule has 0 bridgehead atoms. The zero-order chi connectivity index (χ0) is 13.1. The van der Waals surface area contributed by atoms with E-state index in [4.69, 9.17) is 16.3 Å². The molecular formula is C11H8ClNO5. The Hall–Kier alpha value is -2.08. The van der Waals surface area contributed by atoms with E-state index in [1.165, 1.54) is 18.2 Å². The number of imide groups is 1. The summed E-state index contributed by atoms with van der Waals surface area (Å²) in [5.74, 6) is 0.0759. The van der Waals surface area contributed by atoms with E-state index >= 15 is 0 Å². The lowest BCUT2D eigenvalue weighted by molar-refractivity contribution is 0.112. The number of aldehydes is 1.